The van der Waals surface area contributed by atoms with Crippen molar-refractivity contribution in [2.45, 2.75) is 26.3 Å². The first-order valence-electron chi connectivity index (χ1n) is 7.29. The topological polar surface area (TPSA) is 38.9 Å². The van der Waals surface area contributed by atoms with Crippen LogP contribution in [0.2, 0.25) is 0 Å². The molecule has 3 aromatic rings. The van der Waals surface area contributed by atoms with E-state index in [0.29, 0.717) is 0 Å². The third kappa shape index (κ3) is 2.96. The van der Waals surface area contributed by atoms with Crippen molar-refractivity contribution in [2.24, 2.45) is 5.73 Å². The summed E-state index contributed by atoms with van der Waals surface area (Å²) in [4.78, 5) is 4.33. The number of benzene rings is 2. The second kappa shape index (κ2) is 5.66. The van der Waals surface area contributed by atoms with E-state index in [-0.39, 0.29) is 6.04 Å². The van der Waals surface area contributed by atoms with Crippen LogP contribution in [0.4, 0.5) is 0 Å². The molecule has 1 heterocycles. The third-order valence-electron chi connectivity index (χ3n) is 3.84. The molecule has 2 heteroatoms. The highest BCUT2D eigenvalue weighted by Crippen LogP contribution is 2.24. The molecule has 0 amide bonds. The molecule has 2 nitrogen and oxygen atoms in total. The van der Waals surface area contributed by atoms with Crippen LogP contribution < -0.4 is 5.73 Å². The second-order valence-electron chi connectivity index (χ2n) is 5.76. The van der Waals surface area contributed by atoms with Gasteiger partial charge in [-0.2, -0.15) is 0 Å². The van der Waals surface area contributed by atoms with E-state index in [1.54, 1.807) is 0 Å². The lowest BCUT2D eigenvalue weighted by Gasteiger charge is -2.15. The minimum Gasteiger partial charge on any atom is -0.324 e. The maximum Gasteiger partial charge on any atom is 0.0357 e. The van der Waals surface area contributed by atoms with Gasteiger partial charge < -0.3 is 5.73 Å². The monoisotopic (exact) mass is 276 g/mol. The maximum absolute atomic E-state index is 6.45. The molecule has 1 aromatic heterocycles. The van der Waals surface area contributed by atoms with Crippen molar-refractivity contribution in [1.29, 1.82) is 0 Å². The summed E-state index contributed by atoms with van der Waals surface area (Å²) in [7, 11) is 0. The summed E-state index contributed by atoms with van der Waals surface area (Å²) >= 11 is 0. The fourth-order valence-corrected chi connectivity index (χ4v) is 2.99. The van der Waals surface area contributed by atoms with Gasteiger partial charge in [0.05, 0.1) is 0 Å². The molecular weight excluding hydrogens is 256 g/mol. The highest BCUT2D eigenvalue weighted by Gasteiger charge is 2.11. The molecule has 2 N–H and O–H groups in total. The second-order valence-corrected chi connectivity index (χ2v) is 5.76. The fourth-order valence-electron chi connectivity index (χ4n) is 2.99. The molecule has 0 saturated carbocycles. The van der Waals surface area contributed by atoms with Crippen molar-refractivity contribution in [3.63, 3.8) is 0 Å². The van der Waals surface area contributed by atoms with Crippen LogP contribution in [0.3, 0.4) is 0 Å². The quantitative estimate of drug-likeness (QED) is 0.782. The van der Waals surface area contributed by atoms with E-state index < -0.39 is 0 Å². The average molecular weight is 276 g/mol. The first-order valence-corrected chi connectivity index (χ1v) is 7.29. The molecule has 1 unspecified atom stereocenters. The van der Waals surface area contributed by atoms with E-state index in [0.717, 1.165) is 17.4 Å². The molecule has 0 aliphatic heterocycles. The predicted molar refractivity (Wildman–Crippen MR) is 88.3 cm³/mol. The summed E-state index contributed by atoms with van der Waals surface area (Å²) in [5.74, 6) is 0. The zero-order valence-electron chi connectivity index (χ0n) is 12.5. The number of hydrogen-bond donors (Lipinski definition) is 1. The number of hydrogen-bond acceptors (Lipinski definition) is 2. The third-order valence-corrected chi connectivity index (χ3v) is 3.84. The van der Waals surface area contributed by atoms with E-state index in [4.69, 9.17) is 5.73 Å². The van der Waals surface area contributed by atoms with Crippen LogP contribution in [-0.2, 0) is 6.42 Å². The van der Waals surface area contributed by atoms with Crippen molar-refractivity contribution < 1.29 is 0 Å². The average Bonchev–Trinajstić information content (AvgIpc) is 2.45. The van der Waals surface area contributed by atoms with Gasteiger partial charge in [-0.25, -0.2) is 0 Å². The van der Waals surface area contributed by atoms with Gasteiger partial charge in [0, 0.05) is 23.8 Å². The Morgan fingerprint density at radius 3 is 2.48 bits per heavy atom. The number of fused-ring (bicyclic) bond motifs is 1. The minimum absolute atomic E-state index is 0.0372. The number of aryl methyl sites for hydroxylation is 2. The molecule has 0 bridgehead atoms. The molecule has 1 atom stereocenters. The zero-order chi connectivity index (χ0) is 14.8. The normalized spacial score (nSPS) is 12.5. The lowest BCUT2D eigenvalue weighted by Crippen LogP contribution is -2.14. The van der Waals surface area contributed by atoms with Crippen LogP contribution in [-0.4, -0.2) is 4.98 Å². The Bertz CT molecular complexity index is 752. The van der Waals surface area contributed by atoms with Crippen molar-refractivity contribution in [3.8, 4) is 0 Å². The van der Waals surface area contributed by atoms with Crippen molar-refractivity contribution >= 4 is 10.8 Å². The number of nitrogens with two attached hydrogens (primary N) is 1. The summed E-state index contributed by atoms with van der Waals surface area (Å²) < 4.78 is 0. The Balaban J connectivity index is 1.95. The van der Waals surface area contributed by atoms with Gasteiger partial charge >= 0.3 is 0 Å². The smallest absolute Gasteiger partial charge is 0.0357 e. The summed E-state index contributed by atoms with van der Waals surface area (Å²) in [5, 5.41) is 2.34. The molecule has 0 saturated heterocycles. The molecule has 21 heavy (non-hydrogen) atoms. The lowest BCUT2D eigenvalue weighted by molar-refractivity contribution is 0.724. The van der Waals surface area contributed by atoms with E-state index in [1.165, 1.54) is 22.1 Å². The predicted octanol–water partition coefficient (Wildman–Crippen LogP) is 4.09. The highest BCUT2D eigenvalue weighted by atomic mass is 14.7. The largest absolute Gasteiger partial charge is 0.324 e. The van der Waals surface area contributed by atoms with Gasteiger partial charge in [0.2, 0.25) is 0 Å². The van der Waals surface area contributed by atoms with Crippen LogP contribution in [0, 0.1) is 13.8 Å². The molecule has 106 valence electrons. The maximum atomic E-state index is 6.45. The van der Waals surface area contributed by atoms with Gasteiger partial charge in [-0.05, 0) is 36.8 Å². The zero-order valence-corrected chi connectivity index (χ0v) is 12.5. The van der Waals surface area contributed by atoms with Crippen LogP contribution in [0.5, 0.6) is 0 Å². The molecule has 2 aromatic carbocycles. The van der Waals surface area contributed by atoms with E-state index in [9.17, 15) is 0 Å². The Labute approximate surface area is 125 Å². The van der Waals surface area contributed by atoms with Crippen molar-refractivity contribution in [1.82, 2.24) is 4.98 Å². The first-order chi connectivity index (χ1) is 10.1. The molecule has 0 radical (unpaired) electrons. The molecule has 0 spiro atoms. The first kappa shape index (κ1) is 13.8. The molecule has 0 aliphatic carbocycles. The Hall–Kier alpha value is -2.19. The van der Waals surface area contributed by atoms with Gasteiger partial charge in [-0.1, -0.05) is 53.6 Å². The van der Waals surface area contributed by atoms with Crippen LogP contribution >= 0.6 is 0 Å². The Morgan fingerprint density at radius 1 is 1.00 bits per heavy atom. The van der Waals surface area contributed by atoms with Crippen molar-refractivity contribution in [2.75, 3.05) is 0 Å². The minimum atomic E-state index is -0.0372. The van der Waals surface area contributed by atoms with Crippen LogP contribution in [0.25, 0.3) is 10.8 Å². The summed E-state index contributed by atoms with van der Waals surface area (Å²) in [6, 6.07) is 14.9. The number of rotatable bonds is 3. The van der Waals surface area contributed by atoms with Gasteiger partial charge in [-0.3, -0.25) is 4.98 Å². The van der Waals surface area contributed by atoms with Gasteiger partial charge in [0.15, 0.2) is 0 Å². The van der Waals surface area contributed by atoms with Gasteiger partial charge in [0.25, 0.3) is 0 Å². The highest BCUT2D eigenvalue weighted by molar-refractivity contribution is 5.85. The van der Waals surface area contributed by atoms with Gasteiger partial charge in [0.1, 0.15) is 0 Å². The van der Waals surface area contributed by atoms with Crippen LogP contribution in [0.15, 0.2) is 54.9 Å². The van der Waals surface area contributed by atoms with E-state index in [1.807, 2.05) is 18.5 Å². The molecule has 3 rings (SSSR count). The summed E-state index contributed by atoms with van der Waals surface area (Å²) in [6.07, 6.45) is 4.62. The SMILES string of the molecule is Cc1cc(C)cc(CC(N)c2cncc3ccccc23)c1. The Morgan fingerprint density at radius 2 is 1.71 bits per heavy atom. The van der Waals surface area contributed by atoms with Crippen molar-refractivity contribution in [3.05, 3.63) is 77.1 Å². The standard InChI is InChI=1S/C19H20N2/c1-13-7-14(2)9-15(8-13)10-19(20)18-12-21-11-16-5-3-4-6-17(16)18/h3-9,11-12,19H,10,20H2,1-2H3. The molecule has 0 fully saturated rings. The van der Waals surface area contributed by atoms with E-state index >= 15 is 0 Å². The van der Waals surface area contributed by atoms with E-state index in [2.05, 4.69) is 55.2 Å². The number of aromatic nitrogens is 1. The fraction of sp³-hybridized carbons (Fsp3) is 0.211. The molecule has 0 aliphatic rings. The Kier molecular flexibility index (Phi) is 3.72. The van der Waals surface area contributed by atoms with Gasteiger partial charge in [-0.15, -0.1) is 0 Å². The number of nitrogens with zero attached hydrogens (tertiary/aromatic N) is 1. The molecular formula is C19H20N2. The lowest BCUT2D eigenvalue weighted by atomic mass is 9.95. The number of pyridine rings is 1. The van der Waals surface area contributed by atoms with Crippen LogP contribution in [0.1, 0.15) is 28.3 Å². The summed E-state index contributed by atoms with van der Waals surface area (Å²) in [5.41, 5.74) is 11.4. The summed E-state index contributed by atoms with van der Waals surface area (Å²) in [6.45, 7) is 4.25.